The molecule has 0 aromatic heterocycles. The largest absolute Gasteiger partial charge is 0.414 e. The Balaban J connectivity index is 1.42. The van der Waals surface area contributed by atoms with Crippen LogP contribution in [0.5, 0.6) is 0 Å². The Kier molecular flexibility index (Phi) is 8.89. The highest BCUT2D eigenvalue weighted by atomic mass is 28.4. The van der Waals surface area contributed by atoms with Crippen LogP contribution in [0, 0.1) is 29.6 Å². The molecule has 0 bridgehead atoms. The summed E-state index contributed by atoms with van der Waals surface area (Å²) in [4.78, 5) is 0. The van der Waals surface area contributed by atoms with Crippen LogP contribution in [0.3, 0.4) is 0 Å². The first-order valence-electron chi connectivity index (χ1n) is 16.5. The van der Waals surface area contributed by atoms with E-state index in [1.807, 2.05) is 6.92 Å². The van der Waals surface area contributed by atoms with Crippen molar-refractivity contribution in [2.24, 2.45) is 29.6 Å². The molecule has 4 aliphatic rings. The zero-order chi connectivity index (χ0) is 29.6. The summed E-state index contributed by atoms with van der Waals surface area (Å²) >= 11 is 0. The lowest BCUT2D eigenvalue weighted by atomic mass is 9.71. The molecular formula is C36H56O4Si. The van der Waals surface area contributed by atoms with E-state index in [1.165, 1.54) is 11.1 Å². The van der Waals surface area contributed by atoms with Crippen molar-refractivity contribution in [2.75, 3.05) is 6.61 Å². The number of aliphatic hydroxyl groups is 2. The van der Waals surface area contributed by atoms with Crippen molar-refractivity contribution in [3.8, 4) is 0 Å². The van der Waals surface area contributed by atoms with Crippen LogP contribution < -0.4 is 0 Å². The van der Waals surface area contributed by atoms with Gasteiger partial charge in [0.2, 0.25) is 0 Å². The van der Waals surface area contributed by atoms with Gasteiger partial charge in [-0.05, 0) is 111 Å². The molecule has 9 atom stereocenters. The molecule has 4 nitrogen and oxygen atoms in total. The summed E-state index contributed by atoms with van der Waals surface area (Å²) in [5.41, 5.74) is 1.82. The van der Waals surface area contributed by atoms with E-state index in [1.54, 1.807) is 0 Å². The maximum atomic E-state index is 10.3. The van der Waals surface area contributed by atoms with E-state index in [2.05, 4.69) is 89.3 Å². The number of fused-ring (bicyclic) bond motifs is 3. The van der Waals surface area contributed by atoms with Crippen molar-refractivity contribution in [1.29, 1.82) is 0 Å². The topological polar surface area (TPSA) is 62.2 Å². The van der Waals surface area contributed by atoms with Gasteiger partial charge in [0, 0.05) is 18.6 Å². The molecule has 1 spiro atoms. The lowest BCUT2D eigenvalue weighted by Crippen LogP contribution is -2.43. The number of unbranched alkanes of at least 4 members (excludes halogenated alkanes) is 1. The highest BCUT2D eigenvalue weighted by Gasteiger charge is 2.79. The summed E-state index contributed by atoms with van der Waals surface area (Å²) in [6, 6.07) is 10.8. The first-order valence-corrected chi connectivity index (χ1v) is 19.4. The van der Waals surface area contributed by atoms with Crippen LogP contribution >= 0.6 is 0 Å². The predicted octanol–water partition coefficient (Wildman–Crippen LogP) is 8.16. The second kappa shape index (κ2) is 11.7. The van der Waals surface area contributed by atoms with Gasteiger partial charge in [0.15, 0.2) is 8.32 Å². The Morgan fingerprint density at radius 3 is 2.54 bits per heavy atom. The molecule has 3 fully saturated rings. The Labute approximate surface area is 250 Å². The maximum Gasteiger partial charge on any atom is 0.192 e. The zero-order valence-electron chi connectivity index (χ0n) is 26.7. The SMILES string of the molecule is CC[C@H](O)CCC/C=C(\C)[C@]1(c2ccccc2)O[C@]12C[C@@H]1[C@@H](C=C[C@@H]3C[C@@H](O[Si](C)(C)C(C)(C)C)C[C@@H]13)[C@@H]2CCO. The summed E-state index contributed by atoms with van der Waals surface area (Å²) in [5.74, 6) is 2.50. The molecule has 3 aliphatic carbocycles. The number of ether oxygens (including phenoxy) is 1. The van der Waals surface area contributed by atoms with Crippen LogP contribution in [0.15, 0.2) is 54.1 Å². The number of hydrogen-bond donors (Lipinski definition) is 2. The molecule has 2 saturated carbocycles. The number of aliphatic hydroxyl groups excluding tert-OH is 2. The molecule has 5 rings (SSSR count). The fourth-order valence-electron chi connectivity index (χ4n) is 8.66. The minimum Gasteiger partial charge on any atom is -0.414 e. The van der Waals surface area contributed by atoms with E-state index >= 15 is 0 Å². The van der Waals surface area contributed by atoms with Crippen molar-refractivity contribution in [3.63, 3.8) is 0 Å². The average molecular weight is 581 g/mol. The molecule has 1 aliphatic heterocycles. The van der Waals surface area contributed by atoms with E-state index in [-0.39, 0.29) is 23.4 Å². The van der Waals surface area contributed by atoms with Gasteiger partial charge in [-0.15, -0.1) is 0 Å². The van der Waals surface area contributed by atoms with Crippen molar-refractivity contribution in [2.45, 2.75) is 128 Å². The van der Waals surface area contributed by atoms with Gasteiger partial charge in [0.05, 0.1) is 6.10 Å². The van der Waals surface area contributed by atoms with Gasteiger partial charge in [-0.2, -0.15) is 0 Å². The molecule has 41 heavy (non-hydrogen) atoms. The summed E-state index contributed by atoms with van der Waals surface area (Å²) < 4.78 is 14.2. The van der Waals surface area contributed by atoms with E-state index in [0.717, 1.165) is 51.4 Å². The second-order valence-corrected chi connectivity index (χ2v) is 19.9. The molecule has 1 aromatic carbocycles. The third-order valence-corrected chi connectivity index (χ3v) is 16.4. The van der Waals surface area contributed by atoms with Crippen molar-refractivity contribution in [3.05, 3.63) is 59.7 Å². The second-order valence-electron chi connectivity index (χ2n) is 15.2. The summed E-state index contributed by atoms with van der Waals surface area (Å²) in [6.45, 7) is 16.3. The Morgan fingerprint density at radius 2 is 1.88 bits per heavy atom. The van der Waals surface area contributed by atoms with Gasteiger partial charge in [-0.1, -0.05) is 76.3 Å². The van der Waals surface area contributed by atoms with Crippen LogP contribution in [0.4, 0.5) is 0 Å². The molecule has 5 heteroatoms. The fraction of sp³-hybridized carbons (Fsp3) is 0.722. The van der Waals surface area contributed by atoms with Crippen molar-refractivity contribution in [1.82, 2.24) is 0 Å². The molecule has 2 N–H and O–H groups in total. The normalized spacial score (nSPS) is 37.3. The van der Waals surface area contributed by atoms with Crippen molar-refractivity contribution < 1.29 is 19.4 Å². The van der Waals surface area contributed by atoms with E-state index in [4.69, 9.17) is 9.16 Å². The first-order chi connectivity index (χ1) is 19.4. The molecule has 0 amide bonds. The quantitative estimate of drug-likeness (QED) is 0.120. The number of benzene rings is 1. The summed E-state index contributed by atoms with van der Waals surface area (Å²) in [5, 5.41) is 20.6. The van der Waals surface area contributed by atoms with Crippen LogP contribution in [0.2, 0.25) is 18.1 Å². The highest BCUT2D eigenvalue weighted by molar-refractivity contribution is 6.74. The van der Waals surface area contributed by atoms with Gasteiger partial charge in [-0.25, -0.2) is 0 Å². The van der Waals surface area contributed by atoms with Gasteiger partial charge < -0.3 is 19.4 Å². The zero-order valence-corrected chi connectivity index (χ0v) is 27.7. The first kappa shape index (κ1) is 31.2. The minimum absolute atomic E-state index is 0.195. The Morgan fingerprint density at radius 1 is 1.15 bits per heavy atom. The molecule has 1 heterocycles. The number of rotatable bonds is 11. The third kappa shape index (κ3) is 5.48. The van der Waals surface area contributed by atoms with Crippen molar-refractivity contribution >= 4 is 8.32 Å². The van der Waals surface area contributed by atoms with Gasteiger partial charge >= 0.3 is 0 Å². The molecule has 0 radical (unpaired) electrons. The number of allylic oxidation sites excluding steroid dienone is 3. The van der Waals surface area contributed by atoms with Gasteiger partial charge in [-0.3, -0.25) is 0 Å². The molecule has 228 valence electrons. The number of epoxide rings is 1. The van der Waals surface area contributed by atoms with Gasteiger partial charge in [0.25, 0.3) is 0 Å². The summed E-state index contributed by atoms with van der Waals surface area (Å²) in [7, 11) is -1.82. The lowest BCUT2D eigenvalue weighted by Gasteiger charge is -2.38. The molecular weight excluding hydrogens is 524 g/mol. The van der Waals surface area contributed by atoms with Crippen LogP contribution in [0.1, 0.15) is 91.5 Å². The van der Waals surface area contributed by atoms with E-state index in [0.29, 0.717) is 35.7 Å². The minimum atomic E-state index is -1.82. The van der Waals surface area contributed by atoms with Crippen LogP contribution in [0.25, 0.3) is 0 Å². The lowest BCUT2D eigenvalue weighted by molar-refractivity contribution is 0.158. The third-order valence-electron chi connectivity index (χ3n) is 11.8. The molecule has 1 saturated heterocycles. The fourth-order valence-corrected chi connectivity index (χ4v) is 10.0. The Hall–Kier alpha value is -1.24. The smallest absolute Gasteiger partial charge is 0.192 e. The number of hydrogen-bond acceptors (Lipinski definition) is 4. The average Bonchev–Trinajstić information content (AvgIpc) is 3.26. The predicted molar refractivity (Wildman–Crippen MR) is 170 cm³/mol. The molecule has 1 aromatic rings. The standard InChI is InChI=1S/C36H56O4Si/c1-8-28(38)17-13-12-14-25(2)36(27-15-10-9-11-16-27)35(40-36)24-32-30(33(35)20-21-37)19-18-26-22-29(23-31(26)32)39-41(6,7)34(3,4)5/h9-11,14-16,18-19,26,28-33,37-38H,8,12-13,17,20-24H2,1-7H3/b25-14+/t26-,28+,29-,30-,31-,32-,33+,35+,36-/m1/s1. The highest BCUT2D eigenvalue weighted by Crippen LogP contribution is 2.74. The maximum absolute atomic E-state index is 10.3. The molecule has 0 unspecified atom stereocenters. The monoisotopic (exact) mass is 580 g/mol. The summed E-state index contributed by atoms with van der Waals surface area (Å²) in [6.07, 6.45) is 15.2. The van der Waals surface area contributed by atoms with E-state index < -0.39 is 13.9 Å². The van der Waals surface area contributed by atoms with Crippen LogP contribution in [-0.2, 0) is 14.8 Å². The van der Waals surface area contributed by atoms with E-state index in [9.17, 15) is 10.2 Å². The van der Waals surface area contributed by atoms with Crippen LogP contribution in [-0.4, -0.2) is 42.9 Å². The Bertz CT molecular complexity index is 1110. The van der Waals surface area contributed by atoms with Gasteiger partial charge in [0.1, 0.15) is 11.2 Å².